The molecule has 2 nitrogen and oxygen atoms in total. The Morgan fingerprint density at radius 2 is 1.74 bits per heavy atom. The minimum atomic E-state index is -0.255. The molecule has 3 unspecified atom stereocenters. The summed E-state index contributed by atoms with van der Waals surface area (Å²) in [6.45, 7) is 17.5. The van der Waals surface area contributed by atoms with Gasteiger partial charge in [-0.15, -0.1) is 0 Å². The maximum Gasteiger partial charge on any atom is 0.0687 e. The molecule has 0 radical (unpaired) electrons. The summed E-state index contributed by atoms with van der Waals surface area (Å²) < 4.78 is 6.09. The molecule has 3 atom stereocenters. The lowest BCUT2D eigenvalue weighted by molar-refractivity contribution is -0.0894. The summed E-state index contributed by atoms with van der Waals surface area (Å²) in [6.07, 6.45) is 2.73. The molecule has 0 aromatic heterocycles. The third-order valence-electron chi connectivity index (χ3n) is 4.21. The van der Waals surface area contributed by atoms with Crippen LogP contribution in [-0.4, -0.2) is 22.4 Å². The van der Waals surface area contributed by atoms with E-state index in [0.29, 0.717) is 11.3 Å². The van der Waals surface area contributed by atoms with Gasteiger partial charge in [-0.1, -0.05) is 27.7 Å². The zero-order valence-electron chi connectivity index (χ0n) is 14.2. The molecule has 1 aliphatic rings. The fraction of sp³-hybridized carbons (Fsp3) is 1.00. The molecule has 1 aliphatic heterocycles. The van der Waals surface area contributed by atoms with Crippen LogP contribution in [0.15, 0.2) is 0 Å². The fourth-order valence-electron chi connectivity index (χ4n) is 3.91. The van der Waals surface area contributed by atoms with Gasteiger partial charge in [0.05, 0.1) is 17.3 Å². The van der Waals surface area contributed by atoms with E-state index in [1.165, 1.54) is 0 Å². The van der Waals surface area contributed by atoms with Crippen LogP contribution in [0.2, 0.25) is 0 Å². The van der Waals surface area contributed by atoms with E-state index >= 15 is 0 Å². The Kier molecular flexibility index (Phi) is 4.79. The summed E-state index contributed by atoms with van der Waals surface area (Å²) in [5, 5.41) is 10.6. The molecule has 1 saturated heterocycles. The smallest absolute Gasteiger partial charge is 0.0687 e. The van der Waals surface area contributed by atoms with E-state index in [9.17, 15) is 5.11 Å². The van der Waals surface area contributed by atoms with Gasteiger partial charge in [0.2, 0.25) is 0 Å². The van der Waals surface area contributed by atoms with E-state index in [1.807, 2.05) is 0 Å². The average Bonchev–Trinajstić information content (AvgIpc) is 2.30. The van der Waals surface area contributed by atoms with Gasteiger partial charge in [0.25, 0.3) is 0 Å². The van der Waals surface area contributed by atoms with Crippen LogP contribution in [0.25, 0.3) is 0 Å². The van der Waals surface area contributed by atoms with Crippen molar-refractivity contribution in [2.45, 2.75) is 92.0 Å². The number of aliphatic hydroxyl groups excluding tert-OH is 1. The van der Waals surface area contributed by atoms with Gasteiger partial charge >= 0.3 is 0 Å². The topological polar surface area (TPSA) is 29.5 Å². The van der Waals surface area contributed by atoms with Crippen LogP contribution in [0.1, 0.15) is 74.7 Å². The van der Waals surface area contributed by atoms with E-state index in [-0.39, 0.29) is 23.2 Å². The summed E-state index contributed by atoms with van der Waals surface area (Å²) >= 11 is 0. The molecule has 0 saturated carbocycles. The van der Waals surface area contributed by atoms with E-state index in [1.54, 1.807) is 0 Å². The average molecular weight is 270 g/mol. The SMILES string of the molecule is CC(CC(O)C1CC(C)(C)OC1(C)C)CC(C)(C)C. The summed E-state index contributed by atoms with van der Waals surface area (Å²) in [6, 6.07) is 0. The normalized spacial score (nSPS) is 29.2. The molecule has 0 amide bonds. The quantitative estimate of drug-likeness (QED) is 0.820. The largest absolute Gasteiger partial charge is 0.393 e. The molecule has 0 aromatic rings. The van der Waals surface area contributed by atoms with Crippen molar-refractivity contribution >= 4 is 0 Å². The molecule has 1 heterocycles. The third-order valence-corrected chi connectivity index (χ3v) is 4.21. The lowest BCUT2D eigenvalue weighted by Gasteiger charge is -2.32. The van der Waals surface area contributed by atoms with Gasteiger partial charge in [0.1, 0.15) is 0 Å². The van der Waals surface area contributed by atoms with Crippen molar-refractivity contribution in [2.24, 2.45) is 17.3 Å². The van der Waals surface area contributed by atoms with Gasteiger partial charge in [-0.25, -0.2) is 0 Å². The lowest BCUT2D eigenvalue weighted by atomic mass is 9.77. The predicted octanol–water partition coefficient (Wildman–Crippen LogP) is 4.40. The van der Waals surface area contributed by atoms with E-state index in [4.69, 9.17) is 4.74 Å². The Morgan fingerprint density at radius 1 is 1.21 bits per heavy atom. The molecule has 1 fully saturated rings. The van der Waals surface area contributed by atoms with Crippen molar-refractivity contribution in [1.82, 2.24) is 0 Å². The molecule has 0 bridgehead atoms. The van der Waals surface area contributed by atoms with Crippen LogP contribution in [0.3, 0.4) is 0 Å². The molecule has 114 valence electrons. The lowest BCUT2D eigenvalue weighted by Crippen LogP contribution is -2.37. The summed E-state index contributed by atoms with van der Waals surface area (Å²) in [4.78, 5) is 0. The highest BCUT2D eigenvalue weighted by Gasteiger charge is 2.48. The van der Waals surface area contributed by atoms with Crippen molar-refractivity contribution < 1.29 is 9.84 Å². The van der Waals surface area contributed by atoms with E-state index in [0.717, 1.165) is 19.3 Å². The maximum absolute atomic E-state index is 10.6. The second kappa shape index (κ2) is 5.37. The molecule has 0 aliphatic carbocycles. The minimum Gasteiger partial charge on any atom is -0.393 e. The Hall–Kier alpha value is -0.0800. The minimum absolute atomic E-state index is 0.109. The van der Waals surface area contributed by atoms with Gasteiger partial charge in [-0.05, 0) is 58.3 Å². The van der Waals surface area contributed by atoms with Gasteiger partial charge < -0.3 is 9.84 Å². The fourth-order valence-corrected chi connectivity index (χ4v) is 3.91. The van der Waals surface area contributed by atoms with Gasteiger partial charge in [-0.2, -0.15) is 0 Å². The zero-order chi connectivity index (χ0) is 15.1. The summed E-state index contributed by atoms with van der Waals surface area (Å²) in [5.74, 6) is 0.791. The number of hydrogen-bond acceptors (Lipinski definition) is 2. The predicted molar refractivity (Wildman–Crippen MR) is 81.2 cm³/mol. The molecule has 2 heteroatoms. The Labute approximate surface area is 119 Å². The van der Waals surface area contributed by atoms with Crippen molar-refractivity contribution in [3.8, 4) is 0 Å². The molecule has 1 rings (SSSR count). The Morgan fingerprint density at radius 3 is 2.11 bits per heavy atom. The van der Waals surface area contributed by atoms with E-state index < -0.39 is 0 Å². The van der Waals surface area contributed by atoms with Crippen LogP contribution in [0.5, 0.6) is 0 Å². The Balaban J connectivity index is 2.61. The van der Waals surface area contributed by atoms with Crippen molar-refractivity contribution in [1.29, 1.82) is 0 Å². The zero-order valence-corrected chi connectivity index (χ0v) is 14.2. The maximum atomic E-state index is 10.6. The highest BCUT2D eigenvalue weighted by Crippen LogP contribution is 2.45. The highest BCUT2D eigenvalue weighted by atomic mass is 16.5. The number of aliphatic hydroxyl groups is 1. The van der Waals surface area contributed by atoms with Gasteiger partial charge in [-0.3, -0.25) is 0 Å². The molecule has 0 spiro atoms. The van der Waals surface area contributed by atoms with Crippen LogP contribution in [0, 0.1) is 17.3 Å². The number of rotatable bonds is 4. The van der Waals surface area contributed by atoms with Crippen LogP contribution >= 0.6 is 0 Å². The standard InChI is InChI=1S/C17H34O2/c1-12(10-15(2,3)4)9-14(18)13-11-16(5,6)19-17(13,7)8/h12-14,18H,9-11H2,1-8H3. The summed E-state index contributed by atoms with van der Waals surface area (Å²) in [7, 11) is 0. The molecular formula is C17H34O2. The number of hydrogen-bond donors (Lipinski definition) is 1. The van der Waals surface area contributed by atoms with E-state index in [2.05, 4.69) is 55.4 Å². The van der Waals surface area contributed by atoms with Crippen molar-refractivity contribution in [3.05, 3.63) is 0 Å². The first-order valence-electron chi connectivity index (χ1n) is 7.71. The highest BCUT2D eigenvalue weighted by molar-refractivity contribution is 4.97. The second-order valence-corrected chi connectivity index (χ2v) is 8.95. The molecular weight excluding hydrogens is 236 g/mol. The Bertz CT molecular complexity index is 299. The van der Waals surface area contributed by atoms with Gasteiger partial charge in [0, 0.05) is 5.92 Å². The second-order valence-electron chi connectivity index (χ2n) is 8.95. The van der Waals surface area contributed by atoms with Crippen molar-refractivity contribution in [2.75, 3.05) is 0 Å². The number of ether oxygens (including phenoxy) is 1. The van der Waals surface area contributed by atoms with Gasteiger partial charge in [0.15, 0.2) is 0 Å². The van der Waals surface area contributed by atoms with Crippen LogP contribution in [0.4, 0.5) is 0 Å². The molecule has 19 heavy (non-hydrogen) atoms. The molecule has 0 aromatic carbocycles. The first-order chi connectivity index (χ1) is 8.32. The van der Waals surface area contributed by atoms with Crippen LogP contribution < -0.4 is 0 Å². The first kappa shape index (κ1) is 17.0. The first-order valence-corrected chi connectivity index (χ1v) is 7.71. The van der Waals surface area contributed by atoms with Crippen molar-refractivity contribution in [3.63, 3.8) is 0 Å². The monoisotopic (exact) mass is 270 g/mol. The summed E-state index contributed by atoms with van der Waals surface area (Å²) in [5.41, 5.74) is 0.00683. The molecule has 1 N–H and O–H groups in total. The third kappa shape index (κ3) is 5.07. The van der Waals surface area contributed by atoms with Crippen LogP contribution in [-0.2, 0) is 4.74 Å².